The molecule has 0 saturated heterocycles. The van der Waals surface area contributed by atoms with Crippen molar-refractivity contribution in [1.29, 1.82) is 0 Å². The van der Waals surface area contributed by atoms with Crippen LogP contribution in [0.1, 0.15) is 29.1 Å². The molecule has 0 radical (unpaired) electrons. The van der Waals surface area contributed by atoms with E-state index in [9.17, 15) is 4.79 Å². The quantitative estimate of drug-likeness (QED) is 0.677. The number of aromatic nitrogens is 1. The summed E-state index contributed by atoms with van der Waals surface area (Å²) < 4.78 is 6.80. The van der Waals surface area contributed by atoms with E-state index in [1.165, 1.54) is 5.56 Å². The van der Waals surface area contributed by atoms with Gasteiger partial charge in [-0.15, -0.1) is 11.3 Å². The third-order valence-corrected chi connectivity index (χ3v) is 5.69. The number of para-hydroxylation sites is 1. The first kappa shape index (κ1) is 17.4. The number of thiazole rings is 1. The third kappa shape index (κ3) is 3.82. The highest BCUT2D eigenvalue weighted by atomic mass is 32.1. The maximum atomic E-state index is 12.5. The van der Waals surface area contributed by atoms with Crippen LogP contribution in [0.2, 0.25) is 0 Å². The topological polar surface area (TPSA) is 42.4 Å². The van der Waals surface area contributed by atoms with E-state index in [4.69, 9.17) is 4.74 Å². The van der Waals surface area contributed by atoms with Gasteiger partial charge in [0, 0.05) is 7.05 Å². The summed E-state index contributed by atoms with van der Waals surface area (Å²) in [7, 11) is 1.79. The summed E-state index contributed by atoms with van der Waals surface area (Å²) in [6.45, 7) is 6.10. The molecule has 3 aromatic rings. The van der Waals surface area contributed by atoms with E-state index < -0.39 is 0 Å². The maximum Gasteiger partial charge on any atom is 0.260 e. The Labute approximate surface area is 152 Å². The monoisotopic (exact) mass is 354 g/mol. The first-order valence-electron chi connectivity index (χ1n) is 8.27. The smallest absolute Gasteiger partial charge is 0.260 e. The van der Waals surface area contributed by atoms with Crippen molar-refractivity contribution in [2.75, 3.05) is 13.7 Å². The first-order chi connectivity index (χ1) is 12.0. The van der Waals surface area contributed by atoms with Crippen molar-refractivity contribution in [3.8, 4) is 5.75 Å². The van der Waals surface area contributed by atoms with Crippen LogP contribution < -0.4 is 4.74 Å². The molecule has 2 aromatic carbocycles. The van der Waals surface area contributed by atoms with Crippen molar-refractivity contribution < 1.29 is 9.53 Å². The number of nitrogens with zero attached hydrogens (tertiary/aromatic N) is 2. The summed E-state index contributed by atoms with van der Waals surface area (Å²) in [5.74, 6) is 0.655. The number of hydrogen-bond donors (Lipinski definition) is 0. The number of benzene rings is 2. The van der Waals surface area contributed by atoms with E-state index in [-0.39, 0.29) is 18.6 Å². The first-order valence-corrected chi connectivity index (χ1v) is 9.08. The highest BCUT2D eigenvalue weighted by Crippen LogP contribution is 2.28. The summed E-state index contributed by atoms with van der Waals surface area (Å²) in [6.07, 6.45) is 0. The number of carbonyl (C=O) groups is 1. The zero-order chi connectivity index (χ0) is 18.0. The van der Waals surface area contributed by atoms with Gasteiger partial charge in [0.1, 0.15) is 10.8 Å². The Hall–Kier alpha value is -2.40. The Morgan fingerprint density at radius 2 is 1.96 bits per heavy atom. The van der Waals surface area contributed by atoms with Gasteiger partial charge in [-0.3, -0.25) is 4.79 Å². The lowest BCUT2D eigenvalue weighted by Crippen LogP contribution is -2.33. The number of ether oxygens (including phenoxy) is 1. The number of rotatable bonds is 5. The van der Waals surface area contributed by atoms with Crippen LogP contribution in [0, 0.1) is 13.8 Å². The van der Waals surface area contributed by atoms with Crippen molar-refractivity contribution in [2.24, 2.45) is 0 Å². The molecule has 1 aromatic heterocycles. The number of fused-ring (bicyclic) bond motifs is 1. The number of carbonyl (C=O) groups excluding carboxylic acids is 1. The molecule has 0 bridgehead atoms. The molecule has 0 aliphatic carbocycles. The summed E-state index contributed by atoms with van der Waals surface area (Å²) in [4.78, 5) is 18.8. The van der Waals surface area contributed by atoms with E-state index in [1.54, 1.807) is 23.3 Å². The fourth-order valence-electron chi connectivity index (χ4n) is 2.50. The van der Waals surface area contributed by atoms with E-state index in [1.807, 2.05) is 56.3 Å². The van der Waals surface area contributed by atoms with E-state index in [2.05, 4.69) is 11.9 Å². The summed E-state index contributed by atoms with van der Waals surface area (Å²) in [5.41, 5.74) is 3.34. The molecule has 25 heavy (non-hydrogen) atoms. The van der Waals surface area contributed by atoms with Gasteiger partial charge in [-0.05, 0) is 56.2 Å². The van der Waals surface area contributed by atoms with Crippen LogP contribution in [0.25, 0.3) is 10.2 Å². The minimum absolute atomic E-state index is 0.0221. The summed E-state index contributed by atoms with van der Waals surface area (Å²) in [6, 6.07) is 13.8. The van der Waals surface area contributed by atoms with Gasteiger partial charge in [-0.1, -0.05) is 18.2 Å². The standard InChI is InChI=1S/C20H22N2O2S/c1-13-9-10-16(11-14(13)2)24-12-19(23)22(4)15(3)20-21-17-7-5-6-8-18(17)25-20/h5-11,15H,12H2,1-4H3. The largest absolute Gasteiger partial charge is 0.484 e. The fourth-order valence-corrected chi connectivity index (χ4v) is 3.56. The second-order valence-electron chi connectivity index (χ2n) is 6.24. The molecule has 3 rings (SSSR count). The van der Waals surface area contributed by atoms with Crippen molar-refractivity contribution in [3.63, 3.8) is 0 Å². The Balaban J connectivity index is 1.65. The second kappa shape index (κ2) is 7.23. The molecule has 0 N–H and O–H groups in total. The van der Waals surface area contributed by atoms with Crippen LogP contribution in [0.5, 0.6) is 5.75 Å². The van der Waals surface area contributed by atoms with Gasteiger partial charge >= 0.3 is 0 Å². The SMILES string of the molecule is Cc1ccc(OCC(=O)N(C)C(C)c2nc3ccccc3s2)cc1C. The van der Waals surface area contributed by atoms with Crippen LogP contribution in [0.3, 0.4) is 0 Å². The predicted molar refractivity (Wildman–Crippen MR) is 102 cm³/mol. The van der Waals surface area contributed by atoms with Gasteiger partial charge in [0.2, 0.25) is 0 Å². The van der Waals surface area contributed by atoms with Crippen molar-refractivity contribution in [2.45, 2.75) is 26.8 Å². The van der Waals surface area contributed by atoms with Crippen LogP contribution in [-0.4, -0.2) is 29.4 Å². The molecule has 0 fully saturated rings. The Kier molecular flexibility index (Phi) is 5.04. The molecule has 1 amide bonds. The lowest BCUT2D eigenvalue weighted by Gasteiger charge is -2.23. The van der Waals surface area contributed by atoms with Crippen LogP contribution in [0.15, 0.2) is 42.5 Å². The highest BCUT2D eigenvalue weighted by molar-refractivity contribution is 7.18. The average Bonchev–Trinajstić information content (AvgIpc) is 3.05. The summed E-state index contributed by atoms with van der Waals surface area (Å²) in [5, 5.41) is 0.934. The van der Waals surface area contributed by atoms with Crippen LogP contribution in [-0.2, 0) is 4.79 Å². The number of aryl methyl sites for hydroxylation is 2. The normalized spacial score (nSPS) is 12.2. The van der Waals surface area contributed by atoms with Crippen molar-refractivity contribution in [1.82, 2.24) is 9.88 Å². The Morgan fingerprint density at radius 1 is 1.20 bits per heavy atom. The van der Waals surface area contributed by atoms with Crippen molar-refractivity contribution >= 4 is 27.5 Å². The molecule has 1 atom stereocenters. The highest BCUT2D eigenvalue weighted by Gasteiger charge is 2.21. The molecular weight excluding hydrogens is 332 g/mol. The van der Waals surface area contributed by atoms with Crippen LogP contribution in [0.4, 0.5) is 0 Å². The molecule has 1 unspecified atom stereocenters. The van der Waals surface area contributed by atoms with Gasteiger partial charge in [0.15, 0.2) is 6.61 Å². The molecule has 1 heterocycles. The molecule has 0 saturated carbocycles. The lowest BCUT2D eigenvalue weighted by atomic mass is 10.1. The average molecular weight is 354 g/mol. The van der Waals surface area contributed by atoms with Crippen LogP contribution >= 0.6 is 11.3 Å². The molecule has 0 aliphatic heterocycles. The molecular formula is C20H22N2O2S. The molecule has 4 nitrogen and oxygen atoms in total. The zero-order valence-electron chi connectivity index (χ0n) is 14.9. The summed E-state index contributed by atoms with van der Waals surface area (Å²) >= 11 is 1.62. The van der Waals surface area contributed by atoms with Gasteiger partial charge in [0.05, 0.1) is 16.3 Å². The maximum absolute atomic E-state index is 12.5. The Bertz CT molecular complexity index is 871. The predicted octanol–water partition coefficient (Wildman–Crippen LogP) is 4.51. The zero-order valence-corrected chi connectivity index (χ0v) is 15.8. The Morgan fingerprint density at radius 3 is 2.68 bits per heavy atom. The van der Waals surface area contributed by atoms with Crippen molar-refractivity contribution in [3.05, 3.63) is 58.6 Å². The van der Waals surface area contributed by atoms with E-state index in [0.29, 0.717) is 0 Å². The van der Waals surface area contributed by atoms with Gasteiger partial charge < -0.3 is 9.64 Å². The fraction of sp³-hybridized carbons (Fsp3) is 0.300. The number of hydrogen-bond acceptors (Lipinski definition) is 4. The van der Waals surface area contributed by atoms with E-state index >= 15 is 0 Å². The molecule has 5 heteroatoms. The second-order valence-corrected chi connectivity index (χ2v) is 7.30. The van der Waals surface area contributed by atoms with Gasteiger partial charge in [-0.2, -0.15) is 0 Å². The molecule has 0 spiro atoms. The third-order valence-electron chi connectivity index (χ3n) is 4.48. The lowest BCUT2D eigenvalue weighted by molar-refractivity contribution is -0.134. The minimum Gasteiger partial charge on any atom is -0.484 e. The van der Waals surface area contributed by atoms with Gasteiger partial charge in [0.25, 0.3) is 5.91 Å². The number of amides is 1. The number of likely N-dealkylation sites (N-methyl/N-ethyl adjacent to an activating group) is 1. The molecule has 0 aliphatic rings. The minimum atomic E-state index is -0.0896. The molecule has 130 valence electrons. The van der Waals surface area contributed by atoms with Gasteiger partial charge in [-0.25, -0.2) is 4.98 Å². The van der Waals surface area contributed by atoms with E-state index in [0.717, 1.165) is 26.5 Å².